The molecule has 2 aromatic rings. The standard InChI is InChI=1S/C13H11F2NO/c1-17-9-4-2-8(3-5-9)10-6-7-11(14)13(16)12(10)15/h2-7H,16H2,1H3. The molecule has 0 spiro atoms. The number of hydrogen-bond donors (Lipinski definition) is 1. The van der Waals surface area contributed by atoms with Crippen LogP contribution in [0.2, 0.25) is 0 Å². The molecule has 0 aliphatic rings. The van der Waals surface area contributed by atoms with Crippen LogP contribution in [0.4, 0.5) is 14.5 Å². The van der Waals surface area contributed by atoms with Crippen molar-refractivity contribution in [2.24, 2.45) is 0 Å². The molecule has 2 aromatic carbocycles. The number of benzene rings is 2. The minimum Gasteiger partial charge on any atom is -0.497 e. The second-order valence-electron chi connectivity index (χ2n) is 3.55. The Morgan fingerprint density at radius 2 is 1.65 bits per heavy atom. The minimum absolute atomic E-state index is 0.270. The highest BCUT2D eigenvalue weighted by Crippen LogP contribution is 2.29. The van der Waals surface area contributed by atoms with E-state index in [1.165, 1.54) is 6.07 Å². The predicted octanol–water partition coefficient (Wildman–Crippen LogP) is 3.22. The van der Waals surface area contributed by atoms with Crippen LogP contribution in [0.1, 0.15) is 0 Å². The third-order valence-corrected chi connectivity index (χ3v) is 2.53. The average molecular weight is 235 g/mol. The fourth-order valence-corrected chi connectivity index (χ4v) is 1.56. The minimum atomic E-state index is -0.750. The summed E-state index contributed by atoms with van der Waals surface area (Å²) in [7, 11) is 1.55. The third kappa shape index (κ3) is 2.06. The van der Waals surface area contributed by atoms with E-state index in [0.29, 0.717) is 11.3 Å². The van der Waals surface area contributed by atoms with Crippen LogP contribution in [-0.4, -0.2) is 7.11 Å². The Labute approximate surface area is 97.6 Å². The second kappa shape index (κ2) is 4.41. The van der Waals surface area contributed by atoms with Crippen molar-refractivity contribution in [2.75, 3.05) is 12.8 Å². The molecular weight excluding hydrogens is 224 g/mol. The molecule has 2 rings (SSSR count). The number of nitrogen functional groups attached to an aromatic ring is 1. The lowest BCUT2D eigenvalue weighted by Crippen LogP contribution is -1.97. The lowest BCUT2D eigenvalue weighted by molar-refractivity contribution is 0.415. The van der Waals surface area contributed by atoms with E-state index in [1.807, 2.05) is 0 Å². The summed E-state index contributed by atoms with van der Waals surface area (Å²) in [6, 6.07) is 9.30. The van der Waals surface area contributed by atoms with Crippen LogP contribution in [0.25, 0.3) is 11.1 Å². The number of rotatable bonds is 2. The summed E-state index contributed by atoms with van der Waals surface area (Å²) in [5, 5.41) is 0. The normalized spacial score (nSPS) is 10.3. The van der Waals surface area contributed by atoms with E-state index >= 15 is 0 Å². The van der Waals surface area contributed by atoms with Crippen molar-refractivity contribution >= 4 is 5.69 Å². The summed E-state index contributed by atoms with van der Waals surface area (Å²) in [6.45, 7) is 0. The van der Waals surface area contributed by atoms with Crippen molar-refractivity contribution in [3.05, 3.63) is 48.0 Å². The molecule has 0 aliphatic carbocycles. The van der Waals surface area contributed by atoms with E-state index in [-0.39, 0.29) is 5.56 Å². The monoisotopic (exact) mass is 235 g/mol. The number of anilines is 1. The first-order valence-electron chi connectivity index (χ1n) is 5.01. The average Bonchev–Trinajstić information content (AvgIpc) is 2.36. The fourth-order valence-electron chi connectivity index (χ4n) is 1.56. The predicted molar refractivity (Wildman–Crippen MR) is 62.8 cm³/mol. The molecule has 0 atom stereocenters. The molecule has 0 aliphatic heterocycles. The van der Waals surface area contributed by atoms with Gasteiger partial charge in [-0.3, -0.25) is 0 Å². The van der Waals surface area contributed by atoms with Gasteiger partial charge in [0, 0.05) is 5.56 Å². The molecule has 0 aromatic heterocycles. The number of hydrogen-bond acceptors (Lipinski definition) is 2. The molecule has 2 N–H and O–H groups in total. The molecule has 0 bridgehead atoms. The molecule has 0 amide bonds. The van der Waals surface area contributed by atoms with E-state index in [2.05, 4.69) is 0 Å². The molecule has 17 heavy (non-hydrogen) atoms. The first-order chi connectivity index (χ1) is 8.13. The lowest BCUT2D eigenvalue weighted by Gasteiger charge is -2.07. The number of nitrogens with two attached hydrogens (primary N) is 1. The summed E-state index contributed by atoms with van der Waals surface area (Å²) in [5.74, 6) is -0.820. The summed E-state index contributed by atoms with van der Waals surface area (Å²) >= 11 is 0. The SMILES string of the molecule is COc1ccc(-c2ccc(F)c(N)c2F)cc1. The van der Waals surface area contributed by atoms with Crippen molar-refractivity contribution in [2.45, 2.75) is 0 Å². The van der Waals surface area contributed by atoms with Gasteiger partial charge in [0.05, 0.1) is 7.11 Å². The van der Waals surface area contributed by atoms with E-state index in [0.717, 1.165) is 6.07 Å². The maximum Gasteiger partial charge on any atom is 0.156 e. The Morgan fingerprint density at radius 1 is 1.00 bits per heavy atom. The zero-order valence-corrected chi connectivity index (χ0v) is 9.21. The van der Waals surface area contributed by atoms with Crippen LogP contribution >= 0.6 is 0 Å². The highest BCUT2D eigenvalue weighted by Gasteiger charge is 2.11. The molecule has 0 unspecified atom stereocenters. The van der Waals surface area contributed by atoms with E-state index in [1.54, 1.807) is 31.4 Å². The van der Waals surface area contributed by atoms with Crippen molar-refractivity contribution < 1.29 is 13.5 Å². The molecule has 0 heterocycles. The zero-order valence-electron chi connectivity index (χ0n) is 9.21. The Balaban J connectivity index is 2.49. The van der Waals surface area contributed by atoms with Gasteiger partial charge in [0.1, 0.15) is 17.3 Å². The van der Waals surface area contributed by atoms with Crippen molar-refractivity contribution in [3.8, 4) is 16.9 Å². The van der Waals surface area contributed by atoms with E-state index in [9.17, 15) is 8.78 Å². The van der Waals surface area contributed by atoms with Gasteiger partial charge in [-0.05, 0) is 29.8 Å². The van der Waals surface area contributed by atoms with Gasteiger partial charge in [-0.1, -0.05) is 12.1 Å². The summed E-state index contributed by atoms with van der Waals surface area (Å²) < 4.78 is 31.7. The number of halogens is 2. The Bertz CT molecular complexity index is 538. The molecule has 88 valence electrons. The van der Waals surface area contributed by atoms with Crippen molar-refractivity contribution in [1.29, 1.82) is 0 Å². The van der Waals surface area contributed by atoms with Crippen LogP contribution in [0.5, 0.6) is 5.75 Å². The van der Waals surface area contributed by atoms with Crippen LogP contribution in [0.3, 0.4) is 0 Å². The Hall–Kier alpha value is -2.10. The van der Waals surface area contributed by atoms with Gasteiger partial charge in [-0.2, -0.15) is 0 Å². The van der Waals surface area contributed by atoms with Gasteiger partial charge in [0.2, 0.25) is 0 Å². The first kappa shape index (κ1) is 11.4. The third-order valence-electron chi connectivity index (χ3n) is 2.53. The highest BCUT2D eigenvalue weighted by molar-refractivity contribution is 5.69. The van der Waals surface area contributed by atoms with Crippen LogP contribution < -0.4 is 10.5 Å². The van der Waals surface area contributed by atoms with Crippen molar-refractivity contribution in [1.82, 2.24) is 0 Å². The largest absolute Gasteiger partial charge is 0.497 e. The maximum atomic E-state index is 13.7. The molecule has 0 radical (unpaired) electrons. The van der Waals surface area contributed by atoms with Crippen molar-refractivity contribution in [3.63, 3.8) is 0 Å². The molecular formula is C13H11F2NO. The summed E-state index contributed by atoms with van der Waals surface area (Å²) in [4.78, 5) is 0. The van der Waals surface area contributed by atoms with Gasteiger partial charge >= 0.3 is 0 Å². The lowest BCUT2D eigenvalue weighted by atomic mass is 10.0. The van der Waals surface area contributed by atoms with Gasteiger partial charge < -0.3 is 10.5 Å². The molecule has 0 fully saturated rings. The molecule has 0 saturated heterocycles. The number of methoxy groups -OCH3 is 1. The van der Waals surface area contributed by atoms with Gasteiger partial charge in [-0.15, -0.1) is 0 Å². The Morgan fingerprint density at radius 3 is 2.24 bits per heavy atom. The van der Waals surface area contributed by atoms with Crippen LogP contribution in [0.15, 0.2) is 36.4 Å². The van der Waals surface area contributed by atoms with Gasteiger partial charge in [0.25, 0.3) is 0 Å². The van der Waals surface area contributed by atoms with Gasteiger partial charge in [-0.25, -0.2) is 8.78 Å². The molecule has 0 saturated carbocycles. The quantitative estimate of drug-likeness (QED) is 0.811. The summed E-state index contributed by atoms with van der Waals surface area (Å²) in [5.41, 5.74) is 5.73. The van der Waals surface area contributed by atoms with Crippen LogP contribution in [-0.2, 0) is 0 Å². The van der Waals surface area contributed by atoms with E-state index in [4.69, 9.17) is 10.5 Å². The number of ether oxygens (including phenoxy) is 1. The van der Waals surface area contributed by atoms with Gasteiger partial charge in [0.15, 0.2) is 5.82 Å². The summed E-state index contributed by atoms with van der Waals surface area (Å²) in [6.07, 6.45) is 0. The maximum absolute atomic E-state index is 13.7. The molecule has 2 nitrogen and oxygen atoms in total. The van der Waals surface area contributed by atoms with Crippen LogP contribution in [0, 0.1) is 11.6 Å². The zero-order chi connectivity index (χ0) is 12.4. The fraction of sp³-hybridized carbons (Fsp3) is 0.0769. The Kier molecular flexibility index (Phi) is 2.95. The topological polar surface area (TPSA) is 35.2 Å². The first-order valence-corrected chi connectivity index (χ1v) is 5.01. The molecule has 4 heteroatoms. The highest BCUT2D eigenvalue weighted by atomic mass is 19.1. The smallest absolute Gasteiger partial charge is 0.156 e. The second-order valence-corrected chi connectivity index (χ2v) is 3.55. The van der Waals surface area contributed by atoms with E-state index < -0.39 is 17.3 Å².